The first kappa shape index (κ1) is 12.3. The molecule has 0 saturated carbocycles. The van der Waals surface area contributed by atoms with Gasteiger partial charge in [-0.3, -0.25) is 4.90 Å². The molecule has 1 aromatic carbocycles. The van der Waals surface area contributed by atoms with E-state index in [1.807, 2.05) is 0 Å². The lowest BCUT2D eigenvalue weighted by atomic mass is 10.1. The number of rotatable bonds is 3. The van der Waals surface area contributed by atoms with E-state index >= 15 is 0 Å². The van der Waals surface area contributed by atoms with Crippen molar-refractivity contribution in [2.45, 2.75) is 26.0 Å². The Morgan fingerprint density at radius 1 is 1.53 bits per heavy atom. The van der Waals surface area contributed by atoms with Crippen molar-refractivity contribution in [1.82, 2.24) is 4.90 Å². The number of phenols is 1. The molecule has 0 radical (unpaired) electrons. The van der Waals surface area contributed by atoms with E-state index in [-0.39, 0.29) is 17.7 Å². The zero-order valence-electron chi connectivity index (χ0n) is 10.0. The van der Waals surface area contributed by atoms with Crippen LogP contribution in [0.15, 0.2) is 18.2 Å². The molecule has 1 aromatic rings. The van der Waals surface area contributed by atoms with E-state index in [2.05, 4.69) is 11.8 Å². The Balaban J connectivity index is 2.02. The van der Waals surface area contributed by atoms with Crippen LogP contribution in [0.1, 0.15) is 18.9 Å². The van der Waals surface area contributed by atoms with Crippen molar-refractivity contribution in [3.8, 4) is 5.75 Å². The maximum Gasteiger partial charge on any atom is 0.123 e. The fourth-order valence-corrected chi connectivity index (χ4v) is 2.09. The molecule has 1 unspecified atom stereocenters. The summed E-state index contributed by atoms with van der Waals surface area (Å²) in [6.07, 6.45) is 1.23. The summed E-state index contributed by atoms with van der Waals surface area (Å²) >= 11 is 0. The summed E-state index contributed by atoms with van der Waals surface area (Å²) in [6.45, 7) is 5.03. The summed E-state index contributed by atoms with van der Waals surface area (Å²) in [5.41, 5.74) is 0.641. The fraction of sp³-hybridized carbons (Fsp3) is 0.538. The van der Waals surface area contributed by atoms with Crippen LogP contribution in [-0.2, 0) is 11.3 Å². The standard InChI is InChI=1S/C13H18FNO2/c1-2-12-9-15(5-6-17-12)8-10-7-11(14)3-4-13(10)16/h3-4,7,12,16H,2,5-6,8-9H2,1H3. The Kier molecular flexibility index (Phi) is 3.97. The molecule has 0 spiro atoms. The monoisotopic (exact) mass is 239 g/mol. The maximum absolute atomic E-state index is 13.1. The van der Waals surface area contributed by atoms with Crippen LogP contribution >= 0.6 is 0 Å². The van der Waals surface area contributed by atoms with Crippen LogP contribution in [-0.4, -0.2) is 35.8 Å². The van der Waals surface area contributed by atoms with Crippen molar-refractivity contribution in [1.29, 1.82) is 0 Å². The van der Waals surface area contributed by atoms with Gasteiger partial charge < -0.3 is 9.84 Å². The Morgan fingerprint density at radius 3 is 3.12 bits per heavy atom. The highest BCUT2D eigenvalue weighted by molar-refractivity contribution is 5.32. The molecule has 0 aromatic heterocycles. The highest BCUT2D eigenvalue weighted by atomic mass is 19.1. The van der Waals surface area contributed by atoms with Crippen molar-refractivity contribution in [3.05, 3.63) is 29.6 Å². The van der Waals surface area contributed by atoms with Gasteiger partial charge in [-0.2, -0.15) is 0 Å². The fourth-order valence-electron chi connectivity index (χ4n) is 2.09. The van der Waals surface area contributed by atoms with Crippen LogP contribution < -0.4 is 0 Å². The van der Waals surface area contributed by atoms with Crippen molar-refractivity contribution in [2.24, 2.45) is 0 Å². The van der Waals surface area contributed by atoms with Crippen molar-refractivity contribution < 1.29 is 14.2 Å². The predicted molar refractivity (Wildman–Crippen MR) is 63.4 cm³/mol. The molecular formula is C13H18FNO2. The van der Waals surface area contributed by atoms with Gasteiger partial charge in [0.05, 0.1) is 12.7 Å². The zero-order valence-corrected chi connectivity index (χ0v) is 10.0. The number of phenolic OH excluding ortho intramolecular Hbond substituents is 1. The first-order valence-corrected chi connectivity index (χ1v) is 6.00. The summed E-state index contributed by atoms with van der Waals surface area (Å²) < 4.78 is 18.7. The summed E-state index contributed by atoms with van der Waals surface area (Å²) in [6, 6.07) is 4.07. The molecule has 1 saturated heterocycles. The second-order valence-corrected chi connectivity index (χ2v) is 4.41. The third kappa shape index (κ3) is 3.17. The summed E-state index contributed by atoms with van der Waals surface area (Å²) in [5, 5.41) is 9.66. The second-order valence-electron chi connectivity index (χ2n) is 4.41. The maximum atomic E-state index is 13.1. The molecule has 1 N–H and O–H groups in total. The molecule has 2 rings (SSSR count). The van der Waals surface area contributed by atoms with Crippen molar-refractivity contribution in [2.75, 3.05) is 19.7 Å². The molecule has 4 heteroatoms. The SMILES string of the molecule is CCC1CN(Cc2cc(F)ccc2O)CCO1. The van der Waals surface area contributed by atoms with E-state index in [4.69, 9.17) is 4.74 Å². The highest BCUT2D eigenvalue weighted by Gasteiger charge is 2.19. The molecule has 1 fully saturated rings. The van der Waals surface area contributed by atoms with Gasteiger partial charge in [0.2, 0.25) is 0 Å². The average molecular weight is 239 g/mol. The third-order valence-corrected chi connectivity index (χ3v) is 3.11. The topological polar surface area (TPSA) is 32.7 Å². The van der Waals surface area contributed by atoms with Crippen LogP contribution in [0.2, 0.25) is 0 Å². The van der Waals surface area contributed by atoms with Crippen LogP contribution in [0.4, 0.5) is 4.39 Å². The van der Waals surface area contributed by atoms with Gasteiger partial charge in [-0.15, -0.1) is 0 Å². The molecule has 1 aliphatic heterocycles. The third-order valence-electron chi connectivity index (χ3n) is 3.11. The van der Waals surface area contributed by atoms with E-state index in [9.17, 15) is 9.50 Å². The largest absolute Gasteiger partial charge is 0.508 e. The molecule has 0 amide bonds. The Morgan fingerprint density at radius 2 is 2.35 bits per heavy atom. The smallest absolute Gasteiger partial charge is 0.123 e. The summed E-state index contributed by atoms with van der Waals surface area (Å²) in [5.74, 6) is -0.149. The molecule has 1 heterocycles. The molecule has 17 heavy (non-hydrogen) atoms. The summed E-state index contributed by atoms with van der Waals surface area (Å²) in [7, 11) is 0. The van der Waals surface area contributed by atoms with Crippen LogP contribution in [0.25, 0.3) is 0 Å². The lowest BCUT2D eigenvalue weighted by Crippen LogP contribution is -2.41. The number of morpholine rings is 1. The summed E-state index contributed by atoms with van der Waals surface area (Å²) in [4.78, 5) is 2.19. The van der Waals surface area contributed by atoms with Gasteiger partial charge in [-0.05, 0) is 24.6 Å². The van der Waals surface area contributed by atoms with Gasteiger partial charge in [0.1, 0.15) is 11.6 Å². The second kappa shape index (κ2) is 5.47. The molecule has 1 aliphatic rings. The average Bonchev–Trinajstić information content (AvgIpc) is 2.34. The number of hydrogen-bond acceptors (Lipinski definition) is 3. The molecule has 1 atom stereocenters. The van der Waals surface area contributed by atoms with Gasteiger partial charge in [-0.25, -0.2) is 4.39 Å². The number of nitrogens with zero attached hydrogens (tertiary/aromatic N) is 1. The molecule has 0 bridgehead atoms. The zero-order chi connectivity index (χ0) is 12.3. The van der Waals surface area contributed by atoms with E-state index in [0.717, 1.165) is 19.5 Å². The van der Waals surface area contributed by atoms with Crippen LogP contribution in [0, 0.1) is 5.82 Å². The van der Waals surface area contributed by atoms with E-state index in [1.165, 1.54) is 18.2 Å². The first-order valence-electron chi connectivity index (χ1n) is 6.00. The first-order chi connectivity index (χ1) is 8.19. The minimum Gasteiger partial charge on any atom is -0.508 e. The van der Waals surface area contributed by atoms with E-state index in [0.29, 0.717) is 18.7 Å². The highest BCUT2D eigenvalue weighted by Crippen LogP contribution is 2.21. The molecule has 3 nitrogen and oxygen atoms in total. The number of halogens is 1. The van der Waals surface area contributed by atoms with Crippen LogP contribution in [0.3, 0.4) is 0 Å². The number of aromatic hydroxyl groups is 1. The Bertz CT molecular complexity index is 384. The molecule has 0 aliphatic carbocycles. The van der Waals surface area contributed by atoms with Gasteiger partial charge in [0, 0.05) is 25.2 Å². The van der Waals surface area contributed by atoms with E-state index < -0.39 is 0 Å². The lowest BCUT2D eigenvalue weighted by Gasteiger charge is -2.32. The van der Waals surface area contributed by atoms with Crippen molar-refractivity contribution in [3.63, 3.8) is 0 Å². The Labute approximate surface area is 101 Å². The van der Waals surface area contributed by atoms with E-state index in [1.54, 1.807) is 0 Å². The normalized spacial score (nSPS) is 21.6. The predicted octanol–water partition coefficient (Wildman–Crippen LogP) is 2.14. The minimum atomic E-state index is -0.307. The Hall–Kier alpha value is -1.13. The van der Waals surface area contributed by atoms with Gasteiger partial charge in [-0.1, -0.05) is 6.92 Å². The number of benzene rings is 1. The molecule has 94 valence electrons. The van der Waals surface area contributed by atoms with Crippen molar-refractivity contribution >= 4 is 0 Å². The minimum absolute atomic E-state index is 0.158. The van der Waals surface area contributed by atoms with Gasteiger partial charge >= 0.3 is 0 Å². The van der Waals surface area contributed by atoms with Gasteiger partial charge in [0.15, 0.2) is 0 Å². The number of hydrogen-bond donors (Lipinski definition) is 1. The lowest BCUT2D eigenvalue weighted by molar-refractivity contribution is -0.0326. The van der Waals surface area contributed by atoms with Gasteiger partial charge in [0.25, 0.3) is 0 Å². The molecular weight excluding hydrogens is 221 g/mol. The quantitative estimate of drug-likeness (QED) is 0.877. The van der Waals surface area contributed by atoms with Crippen LogP contribution in [0.5, 0.6) is 5.75 Å². The number of ether oxygens (including phenoxy) is 1.